The van der Waals surface area contributed by atoms with Gasteiger partial charge in [-0.1, -0.05) is 25.1 Å². The molecule has 1 aromatic rings. The lowest BCUT2D eigenvalue weighted by molar-refractivity contribution is -0.134. The lowest BCUT2D eigenvalue weighted by Gasteiger charge is -2.36. The summed E-state index contributed by atoms with van der Waals surface area (Å²) < 4.78 is 0. The van der Waals surface area contributed by atoms with Gasteiger partial charge in [0.25, 0.3) is 0 Å². The third-order valence-electron chi connectivity index (χ3n) is 4.39. The van der Waals surface area contributed by atoms with Gasteiger partial charge in [0.15, 0.2) is 0 Å². The molecule has 0 saturated carbocycles. The van der Waals surface area contributed by atoms with Crippen LogP contribution in [0.1, 0.15) is 39.5 Å². The number of hydrogen-bond donors (Lipinski definition) is 0. The Hall–Kier alpha value is -1.55. The highest BCUT2D eigenvalue weighted by atomic mass is 35.5. The average molecular weight is 337 g/mol. The van der Waals surface area contributed by atoms with Gasteiger partial charge in [-0.3, -0.25) is 9.59 Å². The molecule has 2 rings (SSSR count). The van der Waals surface area contributed by atoms with E-state index in [2.05, 4.69) is 6.92 Å². The van der Waals surface area contributed by atoms with Crippen LogP contribution in [-0.2, 0) is 9.59 Å². The fourth-order valence-electron chi connectivity index (χ4n) is 3.10. The van der Waals surface area contributed by atoms with E-state index in [9.17, 15) is 9.59 Å². The zero-order valence-electron chi connectivity index (χ0n) is 13.9. The number of carbonyl (C=O) groups is 2. The molecule has 0 aliphatic carbocycles. The van der Waals surface area contributed by atoms with Crippen LogP contribution in [0.15, 0.2) is 30.3 Å². The Morgan fingerprint density at radius 2 is 2.00 bits per heavy atom. The number of alkyl halides is 1. The Labute approximate surface area is 143 Å². The highest BCUT2D eigenvalue weighted by Crippen LogP contribution is 2.21. The molecular weight excluding hydrogens is 312 g/mol. The summed E-state index contributed by atoms with van der Waals surface area (Å²) >= 11 is 5.98. The molecule has 0 N–H and O–H groups in total. The van der Waals surface area contributed by atoms with Crippen LogP contribution in [0.2, 0.25) is 0 Å². The van der Waals surface area contributed by atoms with E-state index in [4.69, 9.17) is 11.6 Å². The first-order valence-corrected chi connectivity index (χ1v) is 8.78. The predicted octanol–water partition coefficient (Wildman–Crippen LogP) is 3.44. The van der Waals surface area contributed by atoms with Gasteiger partial charge in [0, 0.05) is 18.3 Å². The number of para-hydroxylation sites is 1. The molecule has 0 spiro atoms. The van der Waals surface area contributed by atoms with E-state index in [0.29, 0.717) is 5.69 Å². The van der Waals surface area contributed by atoms with Gasteiger partial charge in [0.2, 0.25) is 11.8 Å². The molecule has 1 aliphatic rings. The fourth-order valence-corrected chi connectivity index (χ4v) is 3.22. The summed E-state index contributed by atoms with van der Waals surface area (Å²) in [6.07, 6.45) is 4.21. The number of benzene rings is 1. The molecule has 1 heterocycles. The van der Waals surface area contributed by atoms with Crippen molar-refractivity contribution < 1.29 is 9.59 Å². The van der Waals surface area contributed by atoms with Crippen LogP contribution in [0.5, 0.6) is 0 Å². The smallest absolute Gasteiger partial charge is 0.245 e. The van der Waals surface area contributed by atoms with Crippen LogP contribution in [0, 0.1) is 0 Å². The van der Waals surface area contributed by atoms with Crippen molar-refractivity contribution >= 4 is 29.1 Å². The molecule has 5 heteroatoms. The Kier molecular flexibility index (Phi) is 6.46. The second kappa shape index (κ2) is 8.34. The molecular formula is C18H25ClN2O2. The lowest BCUT2D eigenvalue weighted by Crippen LogP contribution is -2.50. The molecule has 1 aliphatic heterocycles. The van der Waals surface area contributed by atoms with Gasteiger partial charge >= 0.3 is 0 Å². The number of anilines is 1. The standard InChI is InChI=1S/C18H25ClN2O2/c1-3-15-9-7-8-12-20(15)17(22)13-21(18(23)14(2)19)16-10-5-4-6-11-16/h4-6,10-11,14-15H,3,7-9,12-13H2,1-2H3. The summed E-state index contributed by atoms with van der Waals surface area (Å²) in [5.74, 6) is -0.234. The molecule has 1 fully saturated rings. The van der Waals surface area contributed by atoms with Crippen LogP contribution >= 0.6 is 11.6 Å². The average Bonchev–Trinajstić information content (AvgIpc) is 2.59. The van der Waals surface area contributed by atoms with Gasteiger partial charge in [-0.2, -0.15) is 0 Å². The highest BCUT2D eigenvalue weighted by Gasteiger charge is 2.29. The van der Waals surface area contributed by atoms with Crippen LogP contribution in [0.3, 0.4) is 0 Å². The van der Waals surface area contributed by atoms with E-state index in [0.717, 1.165) is 25.8 Å². The number of rotatable bonds is 5. The van der Waals surface area contributed by atoms with Crippen LogP contribution in [0.4, 0.5) is 5.69 Å². The topological polar surface area (TPSA) is 40.6 Å². The van der Waals surface area contributed by atoms with Gasteiger partial charge in [0.1, 0.15) is 11.9 Å². The SMILES string of the molecule is CCC1CCCCN1C(=O)CN(C(=O)C(C)Cl)c1ccccc1. The normalized spacial score (nSPS) is 19.3. The number of likely N-dealkylation sites (tertiary alicyclic amines) is 1. The maximum absolute atomic E-state index is 12.8. The first-order valence-electron chi connectivity index (χ1n) is 8.34. The summed E-state index contributed by atoms with van der Waals surface area (Å²) in [6, 6.07) is 9.55. The van der Waals surface area contributed by atoms with E-state index in [1.54, 1.807) is 6.92 Å². The van der Waals surface area contributed by atoms with Crippen LogP contribution in [-0.4, -0.2) is 41.2 Å². The van der Waals surface area contributed by atoms with E-state index in [1.807, 2.05) is 35.2 Å². The molecule has 0 aromatic heterocycles. The summed E-state index contributed by atoms with van der Waals surface area (Å²) in [4.78, 5) is 28.6. The molecule has 1 aromatic carbocycles. The first kappa shape index (κ1) is 17.8. The van der Waals surface area contributed by atoms with Crippen molar-refractivity contribution in [2.45, 2.75) is 50.9 Å². The molecule has 2 unspecified atom stereocenters. The van der Waals surface area contributed by atoms with Gasteiger partial charge in [-0.25, -0.2) is 0 Å². The number of nitrogens with zero attached hydrogens (tertiary/aromatic N) is 2. The molecule has 2 amide bonds. The quantitative estimate of drug-likeness (QED) is 0.773. The molecule has 1 saturated heterocycles. The third-order valence-corrected chi connectivity index (χ3v) is 4.57. The number of hydrogen-bond acceptors (Lipinski definition) is 2. The van der Waals surface area contributed by atoms with Gasteiger partial charge < -0.3 is 9.80 Å². The fraction of sp³-hybridized carbons (Fsp3) is 0.556. The van der Waals surface area contributed by atoms with Crippen molar-refractivity contribution in [1.82, 2.24) is 4.90 Å². The predicted molar refractivity (Wildman–Crippen MR) is 93.8 cm³/mol. The van der Waals surface area contributed by atoms with Crippen molar-refractivity contribution in [3.63, 3.8) is 0 Å². The minimum atomic E-state index is -0.661. The van der Waals surface area contributed by atoms with Crippen molar-refractivity contribution in [2.75, 3.05) is 18.0 Å². The highest BCUT2D eigenvalue weighted by molar-refractivity contribution is 6.32. The molecule has 0 radical (unpaired) electrons. The third kappa shape index (κ3) is 4.47. The molecule has 2 atom stereocenters. The zero-order chi connectivity index (χ0) is 16.8. The molecule has 4 nitrogen and oxygen atoms in total. The van der Waals surface area contributed by atoms with Crippen LogP contribution < -0.4 is 4.90 Å². The second-order valence-electron chi connectivity index (χ2n) is 6.02. The number of carbonyl (C=O) groups excluding carboxylic acids is 2. The minimum absolute atomic E-state index is 0.00562. The van der Waals surface area contributed by atoms with Crippen LogP contribution in [0.25, 0.3) is 0 Å². The minimum Gasteiger partial charge on any atom is -0.338 e. The Morgan fingerprint density at radius 3 is 2.61 bits per heavy atom. The van der Waals surface area contributed by atoms with Crippen molar-refractivity contribution in [2.24, 2.45) is 0 Å². The maximum Gasteiger partial charge on any atom is 0.245 e. The Bertz CT molecular complexity index is 533. The maximum atomic E-state index is 12.8. The zero-order valence-corrected chi connectivity index (χ0v) is 14.6. The summed E-state index contributed by atoms with van der Waals surface area (Å²) in [5, 5.41) is -0.661. The van der Waals surface area contributed by atoms with E-state index >= 15 is 0 Å². The Balaban J connectivity index is 2.17. The Morgan fingerprint density at radius 1 is 1.30 bits per heavy atom. The van der Waals surface area contributed by atoms with E-state index in [1.165, 1.54) is 11.3 Å². The number of piperidine rings is 1. The monoisotopic (exact) mass is 336 g/mol. The summed E-state index contributed by atoms with van der Waals surface area (Å²) in [6.45, 7) is 4.58. The molecule has 23 heavy (non-hydrogen) atoms. The van der Waals surface area contributed by atoms with E-state index in [-0.39, 0.29) is 24.4 Å². The van der Waals surface area contributed by atoms with Gasteiger partial charge in [-0.05, 0) is 44.7 Å². The van der Waals surface area contributed by atoms with Gasteiger partial charge in [0.05, 0.1) is 0 Å². The summed E-state index contributed by atoms with van der Waals surface area (Å²) in [7, 11) is 0. The lowest BCUT2D eigenvalue weighted by atomic mass is 10.00. The van der Waals surface area contributed by atoms with Crippen molar-refractivity contribution in [3.05, 3.63) is 30.3 Å². The molecule has 0 bridgehead atoms. The van der Waals surface area contributed by atoms with Gasteiger partial charge in [-0.15, -0.1) is 11.6 Å². The summed E-state index contributed by atoms with van der Waals surface area (Å²) in [5.41, 5.74) is 0.711. The molecule has 126 valence electrons. The largest absolute Gasteiger partial charge is 0.338 e. The van der Waals surface area contributed by atoms with Crippen molar-refractivity contribution in [3.8, 4) is 0 Å². The number of halogens is 1. The number of amides is 2. The first-order chi connectivity index (χ1) is 11.0. The second-order valence-corrected chi connectivity index (χ2v) is 6.68. The van der Waals surface area contributed by atoms with Crippen molar-refractivity contribution in [1.29, 1.82) is 0 Å². The van der Waals surface area contributed by atoms with E-state index < -0.39 is 5.38 Å².